The lowest BCUT2D eigenvalue weighted by Gasteiger charge is -2.16. The highest BCUT2D eigenvalue weighted by molar-refractivity contribution is 6.32. The van der Waals surface area contributed by atoms with Gasteiger partial charge < -0.3 is 15.8 Å². The van der Waals surface area contributed by atoms with E-state index in [4.69, 9.17) is 22.1 Å². The molecule has 4 nitrogen and oxygen atoms in total. The summed E-state index contributed by atoms with van der Waals surface area (Å²) < 4.78 is 19.0. The van der Waals surface area contributed by atoms with E-state index in [2.05, 4.69) is 5.32 Å². The van der Waals surface area contributed by atoms with Crippen molar-refractivity contribution < 1.29 is 13.9 Å². The number of anilines is 2. The van der Waals surface area contributed by atoms with Crippen LogP contribution in [0.1, 0.15) is 6.92 Å². The Bertz CT molecular complexity index is 664. The number of carbonyl (C=O) groups is 1. The maximum Gasteiger partial charge on any atom is 0.265 e. The van der Waals surface area contributed by atoms with E-state index in [0.29, 0.717) is 16.5 Å². The third kappa shape index (κ3) is 3.86. The lowest BCUT2D eigenvalue weighted by Crippen LogP contribution is -2.30. The topological polar surface area (TPSA) is 64.3 Å². The fraction of sp³-hybridized carbons (Fsp3) is 0.133. The molecular formula is C15H14ClFN2O2. The van der Waals surface area contributed by atoms with Crippen LogP contribution in [-0.4, -0.2) is 12.0 Å². The number of hydrogen-bond acceptors (Lipinski definition) is 3. The van der Waals surface area contributed by atoms with Gasteiger partial charge in [-0.3, -0.25) is 4.79 Å². The summed E-state index contributed by atoms with van der Waals surface area (Å²) >= 11 is 5.95. The van der Waals surface area contributed by atoms with Crippen LogP contribution in [0.2, 0.25) is 5.02 Å². The van der Waals surface area contributed by atoms with E-state index < -0.39 is 17.8 Å². The number of benzene rings is 2. The summed E-state index contributed by atoms with van der Waals surface area (Å²) in [6.45, 7) is 1.54. The van der Waals surface area contributed by atoms with E-state index in [1.54, 1.807) is 31.2 Å². The maximum absolute atomic E-state index is 13.6. The Balaban J connectivity index is 2.06. The van der Waals surface area contributed by atoms with Gasteiger partial charge in [-0.05, 0) is 37.3 Å². The summed E-state index contributed by atoms with van der Waals surface area (Å²) in [4.78, 5) is 12.0. The molecule has 0 spiro atoms. The van der Waals surface area contributed by atoms with Crippen molar-refractivity contribution in [1.82, 2.24) is 0 Å². The zero-order valence-corrected chi connectivity index (χ0v) is 12.0. The van der Waals surface area contributed by atoms with Gasteiger partial charge in [-0.25, -0.2) is 4.39 Å². The number of rotatable bonds is 4. The molecule has 0 saturated heterocycles. The first-order valence-corrected chi connectivity index (χ1v) is 6.62. The van der Waals surface area contributed by atoms with Gasteiger partial charge in [-0.15, -0.1) is 0 Å². The van der Waals surface area contributed by atoms with Crippen LogP contribution >= 0.6 is 11.6 Å². The van der Waals surface area contributed by atoms with Crippen LogP contribution in [0.5, 0.6) is 5.75 Å². The van der Waals surface area contributed by atoms with Crippen molar-refractivity contribution in [3.05, 3.63) is 53.3 Å². The summed E-state index contributed by atoms with van der Waals surface area (Å²) in [6.07, 6.45) is -0.842. The molecule has 0 aliphatic heterocycles. The first kappa shape index (κ1) is 15.1. The Morgan fingerprint density at radius 1 is 1.33 bits per heavy atom. The number of nitrogen functional groups attached to an aromatic ring is 1. The van der Waals surface area contributed by atoms with Crippen LogP contribution in [-0.2, 0) is 4.79 Å². The quantitative estimate of drug-likeness (QED) is 0.850. The molecule has 21 heavy (non-hydrogen) atoms. The third-order valence-electron chi connectivity index (χ3n) is 2.76. The minimum atomic E-state index is -0.842. The van der Waals surface area contributed by atoms with Crippen LogP contribution in [0.4, 0.5) is 15.8 Å². The fourth-order valence-electron chi connectivity index (χ4n) is 1.66. The Morgan fingerprint density at radius 3 is 2.76 bits per heavy atom. The molecule has 1 atom stereocenters. The van der Waals surface area contributed by atoms with Crippen LogP contribution in [0.15, 0.2) is 42.5 Å². The first-order chi connectivity index (χ1) is 9.97. The Labute approximate surface area is 126 Å². The van der Waals surface area contributed by atoms with Crippen LogP contribution < -0.4 is 15.8 Å². The van der Waals surface area contributed by atoms with Gasteiger partial charge in [0.15, 0.2) is 6.10 Å². The molecule has 1 amide bonds. The predicted molar refractivity (Wildman–Crippen MR) is 81.0 cm³/mol. The minimum absolute atomic E-state index is 0.00890. The monoisotopic (exact) mass is 308 g/mol. The van der Waals surface area contributed by atoms with E-state index >= 15 is 0 Å². The molecule has 0 saturated carbocycles. The molecule has 0 radical (unpaired) electrons. The number of nitrogens with one attached hydrogen (secondary N) is 1. The number of nitrogens with two attached hydrogens (primary N) is 1. The van der Waals surface area contributed by atoms with Crippen molar-refractivity contribution >= 4 is 28.9 Å². The molecule has 0 fully saturated rings. The Hall–Kier alpha value is -2.27. The number of para-hydroxylation sites is 1. The van der Waals surface area contributed by atoms with Gasteiger partial charge in [0.05, 0.1) is 10.7 Å². The molecule has 0 unspecified atom stereocenters. The van der Waals surface area contributed by atoms with Crippen molar-refractivity contribution in [2.24, 2.45) is 0 Å². The fourth-order valence-corrected chi connectivity index (χ4v) is 1.84. The molecule has 2 rings (SSSR count). The largest absolute Gasteiger partial charge is 0.479 e. The van der Waals surface area contributed by atoms with E-state index in [1.165, 1.54) is 18.2 Å². The molecule has 0 aliphatic carbocycles. The summed E-state index contributed by atoms with van der Waals surface area (Å²) in [5, 5.41) is 2.82. The van der Waals surface area contributed by atoms with E-state index in [9.17, 15) is 9.18 Å². The normalized spacial score (nSPS) is 11.8. The summed E-state index contributed by atoms with van der Waals surface area (Å²) in [5.41, 5.74) is 5.92. The maximum atomic E-state index is 13.6. The van der Waals surface area contributed by atoms with Crippen LogP contribution in [0.3, 0.4) is 0 Å². The SMILES string of the molecule is C[C@@H](Oc1ccccc1Cl)C(=O)Nc1cc(N)ccc1F. The number of hydrogen-bond donors (Lipinski definition) is 2. The average Bonchev–Trinajstić information content (AvgIpc) is 2.45. The second-order valence-corrected chi connectivity index (χ2v) is 4.83. The third-order valence-corrected chi connectivity index (χ3v) is 3.07. The van der Waals surface area contributed by atoms with Crippen molar-refractivity contribution in [2.75, 3.05) is 11.1 Å². The number of amides is 1. The van der Waals surface area contributed by atoms with Gasteiger partial charge in [0.2, 0.25) is 0 Å². The van der Waals surface area contributed by atoms with Crippen molar-refractivity contribution in [3.63, 3.8) is 0 Å². The Morgan fingerprint density at radius 2 is 2.05 bits per heavy atom. The highest BCUT2D eigenvalue weighted by Crippen LogP contribution is 2.24. The zero-order chi connectivity index (χ0) is 15.4. The average molecular weight is 309 g/mol. The lowest BCUT2D eigenvalue weighted by molar-refractivity contribution is -0.122. The van der Waals surface area contributed by atoms with Crippen molar-refractivity contribution in [2.45, 2.75) is 13.0 Å². The molecule has 0 bridgehead atoms. The van der Waals surface area contributed by atoms with E-state index in [1.807, 2.05) is 0 Å². The molecule has 0 aliphatic rings. The first-order valence-electron chi connectivity index (χ1n) is 6.24. The predicted octanol–water partition coefficient (Wildman–Crippen LogP) is 3.47. The van der Waals surface area contributed by atoms with Gasteiger partial charge >= 0.3 is 0 Å². The summed E-state index contributed by atoms with van der Waals surface area (Å²) in [7, 11) is 0. The van der Waals surface area contributed by atoms with Crippen molar-refractivity contribution in [3.8, 4) is 5.75 Å². The smallest absolute Gasteiger partial charge is 0.265 e. The Kier molecular flexibility index (Phi) is 4.65. The molecule has 0 aromatic heterocycles. The zero-order valence-electron chi connectivity index (χ0n) is 11.3. The summed E-state index contributed by atoms with van der Waals surface area (Å²) in [6, 6.07) is 10.7. The molecule has 0 heterocycles. The molecule has 2 aromatic rings. The standard InChI is InChI=1S/C15H14ClFN2O2/c1-9(21-14-5-3-2-4-11(14)16)15(20)19-13-8-10(18)6-7-12(13)17/h2-9H,18H2,1H3,(H,19,20)/t9-/m1/s1. The minimum Gasteiger partial charge on any atom is -0.479 e. The lowest BCUT2D eigenvalue weighted by atomic mass is 10.2. The molecule has 3 N–H and O–H groups in total. The van der Waals surface area contributed by atoms with Gasteiger partial charge in [0.1, 0.15) is 11.6 Å². The van der Waals surface area contributed by atoms with Gasteiger partial charge in [0, 0.05) is 5.69 Å². The van der Waals surface area contributed by atoms with Gasteiger partial charge in [-0.2, -0.15) is 0 Å². The van der Waals surface area contributed by atoms with Gasteiger partial charge in [0.25, 0.3) is 5.91 Å². The second-order valence-electron chi connectivity index (χ2n) is 4.42. The van der Waals surface area contributed by atoms with Crippen LogP contribution in [0, 0.1) is 5.82 Å². The molecule has 6 heteroatoms. The molecular weight excluding hydrogens is 295 g/mol. The highest BCUT2D eigenvalue weighted by atomic mass is 35.5. The number of ether oxygens (including phenoxy) is 1. The van der Waals surface area contributed by atoms with Crippen molar-refractivity contribution in [1.29, 1.82) is 0 Å². The molecule has 2 aromatic carbocycles. The summed E-state index contributed by atoms with van der Waals surface area (Å²) in [5.74, 6) is -0.684. The highest BCUT2D eigenvalue weighted by Gasteiger charge is 2.17. The van der Waals surface area contributed by atoms with E-state index in [0.717, 1.165) is 0 Å². The van der Waals surface area contributed by atoms with Crippen LogP contribution in [0.25, 0.3) is 0 Å². The molecule has 110 valence electrons. The number of halogens is 2. The van der Waals surface area contributed by atoms with E-state index in [-0.39, 0.29) is 5.69 Å². The second kappa shape index (κ2) is 6.45. The number of carbonyl (C=O) groups excluding carboxylic acids is 1. The van der Waals surface area contributed by atoms with Gasteiger partial charge in [-0.1, -0.05) is 23.7 Å².